The molecule has 0 radical (unpaired) electrons. The van der Waals surface area contributed by atoms with Crippen LogP contribution in [0.15, 0.2) is 40.9 Å². The standard InChI is InChI=1S/C13H7BrCl2N2/c14-10-5-6-11(13(16)12(10)15)18-9-3-1-8(7-17)2-4-9/h1-6,18H. The summed E-state index contributed by atoms with van der Waals surface area (Å²) in [4.78, 5) is 0. The Morgan fingerprint density at radius 3 is 2.28 bits per heavy atom. The van der Waals surface area contributed by atoms with Crippen LogP contribution >= 0.6 is 39.1 Å². The Morgan fingerprint density at radius 1 is 1.00 bits per heavy atom. The molecule has 0 aromatic heterocycles. The second kappa shape index (κ2) is 5.62. The van der Waals surface area contributed by atoms with Crippen molar-refractivity contribution in [1.82, 2.24) is 0 Å². The molecule has 0 amide bonds. The van der Waals surface area contributed by atoms with Crippen molar-refractivity contribution >= 4 is 50.5 Å². The van der Waals surface area contributed by atoms with Crippen molar-refractivity contribution in [1.29, 1.82) is 5.26 Å². The van der Waals surface area contributed by atoms with Crippen LogP contribution in [0.25, 0.3) is 0 Å². The van der Waals surface area contributed by atoms with Crippen LogP contribution in [0, 0.1) is 11.3 Å². The molecule has 0 saturated carbocycles. The van der Waals surface area contributed by atoms with E-state index >= 15 is 0 Å². The summed E-state index contributed by atoms with van der Waals surface area (Å²) in [6, 6.07) is 12.8. The van der Waals surface area contributed by atoms with E-state index in [1.807, 2.05) is 24.3 Å². The smallest absolute Gasteiger partial charge is 0.0991 e. The van der Waals surface area contributed by atoms with Crippen LogP contribution in [0.3, 0.4) is 0 Å². The molecule has 18 heavy (non-hydrogen) atoms. The SMILES string of the molecule is N#Cc1ccc(Nc2ccc(Br)c(Cl)c2Cl)cc1. The van der Waals surface area contributed by atoms with Gasteiger partial charge in [0.05, 0.1) is 27.4 Å². The number of benzene rings is 2. The zero-order valence-corrected chi connectivity index (χ0v) is 12.1. The summed E-state index contributed by atoms with van der Waals surface area (Å²) in [7, 11) is 0. The van der Waals surface area contributed by atoms with Gasteiger partial charge in [-0.05, 0) is 52.3 Å². The van der Waals surface area contributed by atoms with Crippen molar-refractivity contribution in [3.05, 3.63) is 56.5 Å². The highest BCUT2D eigenvalue weighted by Gasteiger charge is 2.08. The van der Waals surface area contributed by atoms with Crippen LogP contribution in [0.2, 0.25) is 10.0 Å². The van der Waals surface area contributed by atoms with E-state index in [4.69, 9.17) is 28.5 Å². The molecule has 0 fully saturated rings. The molecule has 0 atom stereocenters. The van der Waals surface area contributed by atoms with Crippen LogP contribution in [0.5, 0.6) is 0 Å². The lowest BCUT2D eigenvalue weighted by atomic mass is 10.2. The minimum Gasteiger partial charge on any atom is -0.354 e. The largest absolute Gasteiger partial charge is 0.354 e. The molecule has 5 heteroatoms. The van der Waals surface area contributed by atoms with Crippen LogP contribution < -0.4 is 5.32 Å². The molecular formula is C13H7BrCl2N2. The van der Waals surface area contributed by atoms with Crippen LogP contribution in [-0.4, -0.2) is 0 Å². The summed E-state index contributed by atoms with van der Waals surface area (Å²) in [6.45, 7) is 0. The summed E-state index contributed by atoms with van der Waals surface area (Å²) in [5, 5.41) is 12.8. The van der Waals surface area contributed by atoms with E-state index in [9.17, 15) is 0 Å². The van der Waals surface area contributed by atoms with Crippen molar-refractivity contribution in [3.8, 4) is 6.07 Å². The number of hydrogen-bond acceptors (Lipinski definition) is 2. The Hall–Kier alpha value is -1.21. The molecule has 0 aliphatic carbocycles. The van der Waals surface area contributed by atoms with Crippen molar-refractivity contribution in [2.45, 2.75) is 0 Å². The minimum atomic E-state index is 0.454. The van der Waals surface area contributed by atoms with Gasteiger partial charge in [0.1, 0.15) is 0 Å². The number of halogens is 3. The van der Waals surface area contributed by atoms with Gasteiger partial charge < -0.3 is 5.32 Å². The van der Waals surface area contributed by atoms with E-state index in [0.717, 1.165) is 15.8 Å². The van der Waals surface area contributed by atoms with Gasteiger partial charge in [-0.1, -0.05) is 23.2 Å². The lowest BCUT2D eigenvalue weighted by Crippen LogP contribution is -1.92. The van der Waals surface area contributed by atoms with Crippen LogP contribution in [0.4, 0.5) is 11.4 Å². The van der Waals surface area contributed by atoms with E-state index in [-0.39, 0.29) is 0 Å². The number of nitrogens with zero attached hydrogens (tertiary/aromatic N) is 1. The number of rotatable bonds is 2. The highest BCUT2D eigenvalue weighted by Crippen LogP contribution is 2.37. The fraction of sp³-hybridized carbons (Fsp3) is 0. The Kier molecular flexibility index (Phi) is 4.13. The topological polar surface area (TPSA) is 35.8 Å². The average molecular weight is 342 g/mol. The Labute approximate surface area is 123 Å². The summed E-state index contributed by atoms with van der Waals surface area (Å²) >= 11 is 15.5. The first-order valence-electron chi connectivity index (χ1n) is 5.02. The summed E-state index contributed by atoms with van der Waals surface area (Å²) in [5.74, 6) is 0. The average Bonchev–Trinajstić information content (AvgIpc) is 2.40. The fourth-order valence-electron chi connectivity index (χ4n) is 1.41. The lowest BCUT2D eigenvalue weighted by molar-refractivity contribution is 1.47. The van der Waals surface area contributed by atoms with E-state index in [2.05, 4.69) is 27.3 Å². The summed E-state index contributed by atoms with van der Waals surface area (Å²) in [6.07, 6.45) is 0. The molecule has 90 valence electrons. The first-order chi connectivity index (χ1) is 8.61. The van der Waals surface area contributed by atoms with Gasteiger partial charge in [0, 0.05) is 10.2 Å². The first kappa shape index (κ1) is 13.2. The molecule has 1 N–H and O–H groups in total. The Balaban J connectivity index is 2.29. The minimum absolute atomic E-state index is 0.454. The third kappa shape index (κ3) is 2.78. The molecule has 0 heterocycles. The zero-order valence-electron chi connectivity index (χ0n) is 9.05. The Bertz CT molecular complexity index is 618. The van der Waals surface area contributed by atoms with Gasteiger partial charge in [-0.3, -0.25) is 0 Å². The van der Waals surface area contributed by atoms with Crippen LogP contribution in [-0.2, 0) is 0 Å². The van der Waals surface area contributed by atoms with E-state index in [1.54, 1.807) is 12.1 Å². The Morgan fingerprint density at radius 2 is 1.67 bits per heavy atom. The molecule has 0 bridgehead atoms. The van der Waals surface area contributed by atoms with Gasteiger partial charge in [-0.15, -0.1) is 0 Å². The second-order valence-corrected chi connectivity index (χ2v) is 5.15. The van der Waals surface area contributed by atoms with Crippen molar-refractivity contribution in [2.75, 3.05) is 5.32 Å². The van der Waals surface area contributed by atoms with Gasteiger partial charge in [0.2, 0.25) is 0 Å². The molecule has 2 aromatic rings. The fourth-order valence-corrected chi connectivity index (χ4v) is 2.23. The second-order valence-electron chi connectivity index (χ2n) is 3.54. The molecular weight excluding hydrogens is 335 g/mol. The van der Waals surface area contributed by atoms with Gasteiger partial charge >= 0.3 is 0 Å². The van der Waals surface area contributed by atoms with Gasteiger partial charge in [0.15, 0.2) is 0 Å². The first-order valence-corrected chi connectivity index (χ1v) is 6.57. The third-order valence-corrected chi connectivity index (χ3v) is 4.10. The van der Waals surface area contributed by atoms with Crippen molar-refractivity contribution in [2.24, 2.45) is 0 Å². The number of hydrogen-bond donors (Lipinski definition) is 1. The van der Waals surface area contributed by atoms with Crippen molar-refractivity contribution < 1.29 is 0 Å². The molecule has 0 spiro atoms. The van der Waals surface area contributed by atoms with Gasteiger partial charge in [0.25, 0.3) is 0 Å². The predicted molar refractivity (Wildman–Crippen MR) is 78.6 cm³/mol. The maximum Gasteiger partial charge on any atom is 0.0991 e. The van der Waals surface area contributed by atoms with E-state index < -0.39 is 0 Å². The molecule has 0 saturated heterocycles. The molecule has 2 nitrogen and oxygen atoms in total. The summed E-state index contributed by atoms with van der Waals surface area (Å²) < 4.78 is 0.750. The maximum atomic E-state index is 8.72. The van der Waals surface area contributed by atoms with Gasteiger partial charge in [-0.2, -0.15) is 5.26 Å². The quantitative estimate of drug-likeness (QED) is 0.745. The summed E-state index contributed by atoms with van der Waals surface area (Å²) in [5.41, 5.74) is 2.17. The van der Waals surface area contributed by atoms with Crippen LogP contribution in [0.1, 0.15) is 5.56 Å². The molecule has 0 unspecified atom stereocenters. The molecule has 0 aliphatic heterocycles. The van der Waals surface area contributed by atoms with E-state index in [1.165, 1.54) is 0 Å². The molecule has 2 aromatic carbocycles. The normalized spacial score (nSPS) is 9.89. The predicted octanol–water partition coefficient (Wildman–Crippen LogP) is 5.37. The third-order valence-electron chi connectivity index (χ3n) is 2.33. The monoisotopic (exact) mass is 340 g/mol. The lowest BCUT2D eigenvalue weighted by Gasteiger charge is -2.10. The highest BCUT2D eigenvalue weighted by atomic mass is 79.9. The zero-order chi connectivity index (χ0) is 13.1. The molecule has 2 rings (SSSR count). The number of nitriles is 1. The number of anilines is 2. The van der Waals surface area contributed by atoms with Gasteiger partial charge in [-0.25, -0.2) is 0 Å². The van der Waals surface area contributed by atoms with E-state index in [0.29, 0.717) is 15.6 Å². The van der Waals surface area contributed by atoms with Crippen molar-refractivity contribution in [3.63, 3.8) is 0 Å². The highest BCUT2D eigenvalue weighted by molar-refractivity contribution is 9.10. The molecule has 0 aliphatic rings. The number of nitrogens with one attached hydrogen (secondary N) is 1. The maximum absolute atomic E-state index is 8.72.